The molecular formula is C15H14ClNO. The first-order valence-corrected chi connectivity index (χ1v) is 6.43. The Morgan fingerprint density at radius 3 is 2.89 bits per heavy atom. The minimum Gasteiger partial charge on any atom is -0.493 e. The molecule has 0 atom stereocenters. The highest BCUT2D eigenvalue weighted by molar-refractivity contribution is 6.31. The smallest absolute Gasteiger partial charge is 0.122 e. The Balaban J connectivity index is 2.09. The molecule has 1 aliphatic heterocycles. The van der Waals surface area contributed by atoms with Crippen LogP contribution in [0.5, 0.6) is 5.75 Å². The predicted octanol–water partition coefficient (Wildman–Crippen LogP) is 3.91. The number of benzene rings is 2. The maximum Gasteiger partial charge on any atom is 0.122 e. The van der Waals surface area contributed by atoms with E-state index in [1.54, 1.807) is 0 Å². The maximum atomic E-state index is 6.03. The Kier molecular flexibility index (Phi) is 2.88. The van der Waals surface area contributed by atoms with Gasteiger partial charge in [-0.1, -0.05) is 17.7 Å². The van der Waals surface area contributed by atoms with E-state index >= 15 is 0 Å². The summed E-state index contributed by atoms with van der Waals surface area (Å²) >= 11 is 6.03. The summed E-state index contributed by atoms with van der Waals surface area (Å²) in [6.45, 7) is 0.811. The molecule has 18 heavy (non-hydrogen) atoms. The maximum absolute atomic E-state index is 6.03. The van der Waals surface area contributed by atoms with Gasteiger partial charge in [0, 0.05) is 16.3 Å². The van der Waals surface area contributed by atoms with Crippen molar-refractivity contribution in [1.29, 1.82) is 0 Å². The van der Waals surface area contributed by atoms with Crippen molar-refractivity contribution in [3.8, 4) is 16.9 Å². The lowest BCUT2D eigenvalue weighted by molar-refractivity contribution is 0.288. The molecule has 92 valence electrons. The van der Waals surface area contributed by atoms with Gasteiger partial charge >= 0.3 is 0 Å². The van der Waals surface area contributed by atoms with Crippen molar-refractivity contribution in [3.63, 3.8) is 0 Å². The molecule has 0 saturated heterocycles. The minimum absolute atomic E-state index is 0.702. The van der Waals surface area contributed by atoms with Crippen molar-refractivity contribution < 1.29 is 4.74 Å². The monoisotopic (exact) mass is 259 g/mol. The lowest BCUT2D eigenvalue weighted by Gasteiger charge is -2.18. The molecule has 2 N–H and O–H groups in total. The molecule has 0 amide bonds. The number of fused-ring (bicyclic) bond motifs is 1. The second-order valence-corrected chi connectivity index (χ2v) is 4.94. The van der Waals surface area contributed by atoms with Crippen molar-refractivity contribution >= 4 is 17.3 Å². The lowest BCUT2D eigenvalue weighted by atomic mass is 9.98. The SMILES string of the molecule is Nc1ccc(Cl)cc1-c1ccc2c(c1)CCCO2. The topological polar surface area (TPSA) is 35.2 Å². The third-order valence-corrected chi connectivity index (χ3v) is 3.47. The van der Waals surface area contributed by atoms with E-state index in [1.807, 2.05) is 30.3 Å². The molecule has 1 heterocycles. The van der Waals surface area contributed by atoms with Crippen molar-refractivity contribution in [2.24, 2.45) is 0 Å². The normalized spacial score (nSPS) is 13.8. The third-order valence-electron chi connectivity index (χ3n) is 3.23. The van der Waals surface area contributed by atoms with Crippen molar-refractivity contribution in [2.45, 2.75) is 12.8 Å². The van der Waals surface area contributed by atoms with Crippen LogP contribution < -0.4 is 10.5 Å². The van der Waals surface area contributed by atoms with Crippen LogP contribution >= 0.6 is 11.6 Å². The standard InChI is InChI=1S/C15H14ClNO/c16-12-4-5-14(17)13(9-12)10-3-6-15-11(8-10)2-1-7-18-15/h3-6,8-9H,1-2,7,17H2. The molecule has 3 heteroatoms. The second-order valence-electron chi connectivity index (χ2n) is 4.51. The molecule has 1 aliphatic rings. The average Bonchev–Trinajstić information content (AvgIpc) is 2.41. The van der Waals surface area contributed by atoms with E-state index in [-0.39, 0.29) is 0 Å². The van der Waals surface area contributed by atoms with Crippen LogP contribution in [0.1, 0.15) is 12.0 Å². The molecule has 3 rings (SSSR count). The molecule has 2 nitrogen and oxygen atoms in total. The van der Waals surface area contributed by atoms with E-state index in [1.165, 1.54) is 5.56 Å². The first-order valence-electron chi connectivity index (χ1n) is 6.05. The molecule has 2 aromatic carbocycles. The summed E-state index contributed by atoms with van der Waals surface area (Å²) in [6.07, 6.45) is 2.13. The number of hydrogen-bond donors (Lipinski definition) is 1. The van der Waals surface area contributed by atoms with E-state index < -0.39 is 0 Å². The minimum atomic E-state index is 0.702. The van der Waals surface area contributed by atoms with Crippen LogP contribution in [0.15, 0.2) is 36.4 Å². The molecule has 0 aromatic heterocycles. The van der Waals surface area contributed by atoms with Gasteiger partial charge in [0.15, 0.2) is 0 Å². The van der Waals surface area contributed by atoms with Crippen molar-refractivity contribution in [1.82, 2.24) is 0 Å². The van der Waals surface area contributed by atoms with Crippen LogP contribution in [-0.4, -0.2) is 6.61 Å². The number of ether oxygens (including phenoxy) is 1. The summed E-state index contributed by atoms with van der Waals surface area (Å²) in [6, 6.07) is 11.8. The lowest BCUT2D eigenvalue weighted by Crippen LogP contribution is -2.08. The van der Waals surface area contributed by atoms with Crippen LogP contribution in [0.4, 0.5) is 5.69 Å². The zero-order valence-corrected chi connectivity index (χ0v) is 10.7. The quantitative estimate of drug-likeness (QED) is 0.788. The highest BCUT2D eigenvalue weighted by Crippen LogP contribution is 2.33. The molecular weight excluding hydrogens is 246 g/mol. The van der Waals surface area contributed by atoms with Crippen molar-refractivity contribution in [3.05, 3.63) is 47.0 Å². The number of nitrogens with two attached hydrogens (primary N) is 1. The fourth-order valence-electron chi connectivity index (χ4n) is 2.31. The molecule has 0 radical (unpaired) electrons. The molecule has 0 aliphatic carbocycles. The Hall–Kier alpha value is -1.67. The van der Waals surface area contributed by atoms with Gasteiger partial charge in [0.2, 0.25) is 0 Å². The fraction of sp³-hybridized carbons (Fsp3) is 0.200. The van der Waals surface area contributed by atoms with E-state index in [9.17, 15) is 0 Å². The van der Waals surface area contributed by atoms with Gasteiger partial charge < -0.3 is 10.5 Å². The van der Waals surface area contributed by atoms with Gasteiger partial charge in [0.25, 0.3) is 0 Å². The first-order chi connectivity index (χ1) is 8.74. The van der Waals surface area contributed by atoms with Crippen molar-refractivity contribution in [2.75, 3.05) is 12.3 Å². The Labute approximate surface area is 111 Å². The summed E-state index contributed by atoms with van der Waals surface area (Å²) < 4.78 is 5.61. The molecule has 0 spiro atoms. The van der Waals surface area contributed by atoms with Crippen LogP contribution in [0.25, 0.3) is 11.1 Å². The third kappa shape index (κ3) is 2.04. The summed E-state index contributed by atoms with van der Waals surface area (Å²) in [5.41, 5.74) is 10.1. The van der Waals surface area contributed by atoms with Gasteiger partial charge in [-0.2, -0.15) is 0 Å². The number of rotatable bonds is 1. The van der Waals surface area contributed by atoms with Crippen LogP contribution in [0, 0.1) is 0 Å². The number of aryl methyl sites for hydroxylation is 1. The van der Waals surface area contributed by atoms with E-state index in [4.69, 9.17) is 22.1 Å². The zero-order valence-electron chi connectivity index (χ0n) is 9.95. The average molecular weight is 260 g/mol. The molecule has 0 bridgehead atoms. The summed E-state index contributed by atoms with van der Waals surface area (Å²) in [7, 11) is 0. The Morgan fingerprint density at radius 2 is 2.00 bits per heavy atom. The van der Waals surface area contributed by atoms with Gasteiger partial charge in [0.1, 0.15) is 5.75 Å². The molecule has 2 aromatic rings. The molecule has 0 unspecified atom stereocenters. The highest BCUT2D eigenvalue weighted by atomic mass is 35.5. The van der Waals surface area contributed by atoms with E-state index in [0.717, 1.165) is 42.0 Å². The number of halogens is 1. The fourth-order valence-corrected chi connectivity index (χ4v) is 2.48. The number of anilines is 1. The summed E-state index contributed by atoms with van der Waals surface area (Å²) in [5.74, 6) is 0.991. The van der Waals surface area contributed by atoms with Crippen LogP contribution in [0.2, 0.25) is 5.02 Å². The van der Waals surface area contributed by atoms with Gasteiger partial charge in [-0.3, -0.25) is 0 Å². The zero-order chi connectivity index (χ0) is 12.5. The van der Waals surface area contributed by atoms with Gasteiger partial charge in [-0.15, -0.1) is 0 Å². The first kappa shape index (κ1) is 11.4. The second kappa shape index (κ2) is 4.54. The van der Waals surface area contributed by atoms with E-state index in [2.05, 4.69) is 6.07 Å². The summed E-state index contributed by atoms with van der Waals surface area (Å²) in [4.78, 5) is 0. The molecule has 0 fully saturated rings. The van der Waals surface area contributed by atoms with Gasteiger partial charge in [-0.05, 0) is 54.3 Å². The molecule has 0 saturated carbocycles. The largest absolute Gasteiger partial charge is 0.493 e. The van der Waals surface area contributed by atoms with Gasteiger partial charge in [-0.25, -0.2) is 0 Å². The summed E-state index contributed by atoms with van der Waals surface area (Å²) in [5, 5.41) is 0.702. The predicted molar refractivity (Wildman–Crippen MR) is 75.1 cm³/mol. The Morgan fingerprint density at radius 1 is 1.11 bits per heavy atom. The highest BCUT2D eigenvalue weighted by Gasteiger charge is 2.12. The van der Waals surface area contributed by atoms with Crippen LogP contribution in [0.3, 0.4) is 0 Å². The Bertz CT molecular complexity index is 595. The van der Waals surface area contributed by atoms with Crippen LogP contribution in [-0.2, 0) is 6.42 Å². The van der Waals surface area contributed by atoms with Gasteiger partial charge in [0.05, 0.1) is 6.61 Å². The number of hydrogen-bond acceptors (Lipinski definition) is 2. The number of nitrogen functional groups attached to an aromatic ring is 1. The van der Waals surface area contributed by atoms with E-state index in [0.29, 0.717) is 5.02 Å².